The van der Waals surface area contributed by atoms with Crippen molar-refractivity contribution in [2.75, 3.05) is 26.4 Å². The van der Waals surface area contributed by atoms with Crippen molar-refractivity contribution in [2.45, 2.75) is 295 Å². The lowest BCUT2D eigenvalue weighted by Gasteiger charge is -2.62. The zero-order chi connectivity index (χ0) is 69.1. The smallest absolute Gasteiger partial charge is 0.350 e. The topological polar surface area (TPSA) is 297 Å². The molecular formula is C73H102O25. The molecule has 21 fully saturated rings. The lowest BCUT2D eigenvalue weighted by molar-refractivity contribution is -0.337. The van der Waals surface area contributed by atoms with E-state index in [4.69, 9.17) is 80.5 Å². The summed E-state index contributed by atoms with van der Waals surface area (Å²) in [5.74, 6) is -2.03. The summed E-state index contributed by atoms with van der Waals surface area (Å²) < 4.78 is 103. The Morgan fingerprint density at radius 1 is 0.459 bits per heavy atom. The molecule has 0 aromatic heterocycles. The Morgan fingerprint density at radius 2 is 0.796 bits per heavy atom. The molecule has 25 heteroatoms. The quantitative estimate of drug-likeness (QED) is 0.158. The summed E-state index contributed by atoms with van der Waals surface area (Å²) in [7, 11) is 0. The molecule has 1 N–H and O–H groups in total. The maximum Gasteiger partial charge on any atom is 0.350 e. The van der Waals surface area contributed by atoms with Gasteiger partial charge in [0.05, 0.1) is 48.1 Å². The van der Waals surface area contributed by atoms with Gasteiger partial charge in [0, 0.05) is 65.3 Å². The second kappa shape index (κ2) is 23.4. The van der Waals surface area contributed by atoms with E-state index < -0.39 is 125 Å². The molecule has 21 rings (SSSR count). The minimum absolute atomic E-state index is 0.00745. The van der Waals surface area contributed by atoms with Crippen LogP contribution in [0.5, 0.6) is 0 Å². The molecule has 0 amide bonds. The molecule has 25 nitrogen and oxygen atoms in total. The molecule has 22 atom stereocenters. The Balaban J connectivity index is 0.000000115. The highest BCUT2D eigenvalue weighted by atomic mass is 16.9. The average molecular weight is 1380 g/mol. The van der Waals surface area contributed by atoms with Gasteiger partial charge in [-0.15, -0.1) is 0 Å². The summed E-state index contributed by atoms with van der Waals surface area (Å²) in [6.45, 7) is 24.1. The second-order valence-electron chi connectivity index (χ2n) is 36.5. The van der Waals surface area contributed by atoms with Crippen LogP contribution in [0.4, 0.5) is 0 Å². The molecule has 12 saturated carbocycles. The molecule has 21 aliphatic rings. The minimum Gasteiger partial charge on any atom is -0.465 e. The number of hydrogen-bond donors (Lipinski definition) is 1. The third-order valence-corrected chi connectivity index (χ3v) is 26.1. The Bertz CT molecular complexity index is 3170. The third-order valence-electron chi connectivity index (χ3n) is 26.1. The molecule has 98 heavy (non-hydrogen) atoms. The number of aliphatic hydroxyl groups is 1. The standard InChI is InChI=1S/C27H40O8.C24H32O9.C22H30O8/c1-6-30-14(2)7-18-19-20(32-22(18)28)21-23(33-19)35-27(34-21)16-8-15-9-17(27)12-26(10-15,11-16)13-31-24(29)25(3,4)5;1-11(25)29-17-15-16(30-19(17)26)18-20(31-15)33-24(32-18)13-5-12-6-14(24)9-23(7-12,8-13)10-28-21(27)22(2,3)4;1-20(2,3)19(25)26-9-21-6-10-4-11(7-21)22(12(5-10)8-21)29-16-15-14(28-18(16)30-22)13(23)17(24)27-15/h14-21,23H,6-13H2,1-5H3;12-18,20H,5-10H2,1-4H3;10-16,18,23H,4-9H2,1-3H3. The number of carbonyl (C=O) groups is 7. The SMILES string of the molecule is CC(=O)OC1C(=O)OC2C3OC4(OC3OC12)C1CC2CC4CC(COC(=O)C(C)(C)C)(C2)C1.CC(C)(C)C(=O)OCC12CC3CC(C1)C1(OC4OC5C(O)C(=O)OC5C4O1)C(C3)C2.CCOC(C)CC1C(=O)OC2C3OC4(OC3OC12)C1CC2CC4CC(COC(=O)C(C)(C)C)(C2)C1. The Labute approximate surface area is 572 Å². The molecule has 544 valence electrons. The molecule has 9 aliphatic heterocycles. The van der Waals surface area contributed by atoms with E-state index in [9.17, 15) is 38.7 Å². The van der Waals surface area contributed by atoms with Gasteiger partial charge in [-0.05, 0) is 197 Å². The summed E-state index contributed by atoms with van der Waals surface area (Å²) in [4.78, 5) is 85.3. The van der Waals surface area contributed by atoms with Gasteiger partial charge in [0.2, 0.25) is 6.10 Å². The molecule has 9 heterocycles. The number of aliphatic hydroxyl groups excluding tert-OH is 1. The van der Waals surface area contributed by atoms with E-state index in [1.54, 1.807) is 0 Å². The lowest BCUT2D eigenvalue weighted by atomic mass is 9.47. The van der Waals surface area contributed by atoms with E-state index in [0.29, 0.717) is 50.6 Å². The van der Waals surface area contributed by atoms with Gasteiger partial charge in [-0.1, -0.05) is 0 Å². The fourth-order valence-corrected chi connectivity index (χ4v) is 22.6. The van der Waals surface area contributed by atoms with Crippen molar-refractivity contribution in [3.05, 3.63) is 0 Å². The maximum atomic E-state index is 12.7. The summed E-state index contributed by atoms with van der Waals surface area (Å²) in [6, 6.07) is 0. The molecular weight excluding hydrogens is 1280 g/mol. The predicted octanol–water partition coefficient (Wildman–Crippen LogP) is 7.22. The van der Waals surface area contributed by atoms with Crippen molar-refractivity contribution >= 4 is 41.8 Å². The van der Waals surface area contributed by atoms with Crippen molar-refractivity contribution in [2.24, 2.45) is 91.7 Å². The van der Waals surface area contributed by atoms with Gasteiger partial charge in [-0.25, -0.2) is 9.59 Å². The van der Waals surface area contributed by atoms with Gasteiger partial charge in [0.15, 0.2) is 79.0 Å². The van der Waals surface area contributed by atoms with E-state index in [1.807, 2.05) is 76.2 Å². The van der Waals surface area contributed by atoms with Crippen LogP contribution in [0.25, 0.3) is 0 Å². The van der Waals surface area contributed by atoms with Crippen LogP contribution in [0.1, 0.15) is 186 Å². The van der Waals surface area contributed by atoms with Crippen LogP contribution in [0, 0.1) is 91.7 Å². The van der Waals surface area contributed by atoms with Crippen LogP contribution in [-0.4, -0.2) is 183 Å². The molecule has 0 radical (unpaired) electrons. The number of fused-ring (bicyclic) bond motifs is 9. The van der Waals surface area contributed by atoms with Gasteiger partial charge in [0.25, 0.3) is 0 Å². The first-order chi connectivity index (χ1) is 46.1. The monoisotopic (exact) mass is 1380 g/mol. The molecule has 3 spiro atoms. The van der Waals surface area contributed by atoms with Gasteiger partial charge < -0.3 is 85.6 Å². The number of rotatable bonds is 11. The fraction of sp³-hybridized carbons (Fsp3) is 0.904. The highest BCUT2D eigenvalue weighted by molar-refractivity contribution is 5.82. The van der Waals surface area contributed by atoms with Gasteiger partial charge in [-0.3, -0.25) is 24.0 Å². The summed E-state index contributed by atoms with van der Waals surface area (Å²) in [6.07, 6.45) is 6.39. The lowest BCUT2D eigenvalue weighted by Crippen LogP contribution is -2.63. The van der Waals surface area contributed by atoms with Crippen molar-refractivity contribution in [3.8, 4) is 0 Å². The first-order valence-corrected chi connectivity index (χ1v) is 36.8. The van der Waals surface area contributed by atoms with Crippen LogP contribution < -0.4 is 0 Å². The van der Waals surface area contributed by atoms with Gasteiger partial charge in [0.1, 0.15) is 18.3 Å². The highest BCUT2D eigenvalue weighted by Crippen LogP contribution is 2.71. The normalized spacial score (nSPS) is 50.0. The largest absolute Gasteiger partial charge is 0.465 e. The molecule has 22 unspecified atom stereocenters. The molecule has 12 bridgehead atoms. The van der Waals surface area contributed by atoms with Crippen molar-refractivity contribution in [3.63, 3.8) is 0 Å². The number of hydrogen-bond acceptors (Lipinski definition) is 25. The third kappa shape index (κ3) is 11.1. The maximum absolute atomic E-state index is 12.7. The summed E-state index contributed by atoms with van der Waals surface area (Å²) in [5.41, 5.74) is -1.55. The van der Waals surface area contributed by atoms with Crippen LogP contribution in [0.15, 0.2) is 0 Å². The zero-order valence-corrected chi connectivity index (χ0v) is 58.8. The fourth-order valence-electron chi connectivity index (χ4n) is 22.6. The number of esters is 7. The van der Waals surface area contributed by atoms with E-state index in [0.717, 1.165) is 96.3 Å². The van der Waals surface area contributed by atoms with Crippen molar-refractivity contribution < 1.29 is 119 Å². The molecule has 12 aliphatic carbocycles. The Kier molecular flexibility index (Phi) is 16.3. The van der Waals surface area contributed by atoms with E-state index in [1.165, 1.54) is 6.92 Å². The zero-order valence-electron chi connectivity index (χ0n) is 58.8. The molecule has 0 aromatic carbocycles. The first kappa shape index (κ1) is 68.3. The summed E-state index contributed by atoms with van der Waals surface area (Å²) in [5, 5.41) is 9.97. The van der Waals surface area contributed by atoms with E-state index in [2.05, 4.69) is 0 Å². The van der Waals surface area contributed by atoms with Crippen molar-refractivity contribution in [1.29, 1.82) is 0 Å². The Morgan fingerprint density at radius 3 is 1.16 bits per heavy atom. The molecule has 9 saturated heterocycles. The van der Waals surface area contributed by atoms with Crippen LogP contribution in [0.2, 0.25) is 0 Å². The van der Waals surface area contributed by atoms with E-state index in [-0.39, 0.29) is 99.9 Å². The summed E-state index contributed by atoms with van der Waals surface area (Å²) >= 11 is 0. The number of carbonyl (C=O) groups excluding carboxylic acids is 7. The molecule has 0 aromatic rings. The second-order valence-corrected chi connectivity index (χ2v) is 36.5. The van der Waals surface area contributed by atoms with Crippen LogP contribution in [-0.2, 0) is 114 Å². The Hall–Kier alpha value is -4.15. The van der Waals surface area contributed by atoms with Crippen LogP contribution in [0.3, 0.4) is 0 Å². The van der Waals surface area contributed by atoms with Gasteiger partial charge >= 0.3 is 41.8 Å². The van der Waals surface area contributed by atoms with E-state index >= 15 is 0 Å². The highest BCUT2D eigenvalue weighted by Gasteiger charge is 2.77. The van der Waals surface area contributed by atoms with Crippen molar-refractivity contribution in [1.82, 2.24) is 0 Å². The van der Waals surface area contributed by atoms with Crippen LogP contribution >= 0.6 is 0 Å². The van der Waals surface area contributed by atoms with Gasteiger partial charge in [-0.2, -0.15) is 0 Å². The minimum atomic E-state index is -1.27. The average Bonchev–Trinajstić information content (AvgIpc) is 1.46. The predicted molar refractivity (Wildman–Crippen MR) is 332 cm³/mol. The first-order valence-electron chi connectivity index (χ1n) is 36.8. The number of ether oxygens (including phenoxy) is 17.